The second-order valence-electron chi connectivity index (χ2n) is 8.18. The van der Waals surface area contributed by atoms with E-state index in [9.17, 15) is 4.39 Å². The molecule has 0 spiro atoms. The fraction of sp³-hybridized carbons (Fsp3) is 0.583. The number of methoxy groups -OCH3 is 1. The smallest absolute Gasteiger partial charge is 0.165 e. The van der Waals surface area contributed by atoms with Crippen molar-refractivity contribution >= 4 is 0 Å². The zero-order valence-corrected chi connectivity index (χ0v) is 17.3. The van der Waals surface area contributed by atoms with E-state index in [-0.39, 0.29) is 11.6 Å². The topological polar surface area (TPSA) is 35.0 Å². The summed E-state index contributed by atoms with van der Waals surface area (Å²) < 4.78 is 18.8. The molecular weight excluding hydrogens is 351 g/mol. The normalized spacial score (nSPS) is 19.5. The van der Waals surface area contributed by atoms with Crippen LogP contribution in [0, 0.1) is 17.7 Å². The van der Waals surface area contributed by atoms with Gasteiger partial charge in [-0.1, -0.05) is 58.3 Å². The summed E-state index contributed by atoms with van der Waals surface area (Å²) in [7, 11) is 1.46. The predicted octanol–water partition coefficient (Wildman–Crippen LogP) is 6.61. The molecule has 3 rings (SSSR count). The molecular formula is C24H33FN2O. The van der Waals surface area contributed by atoms with Crippen LogP contribution in [0.25, 0.3) is 11.3 Å². The maximum atomic E-state index is 13.9. The summed E-state index contributed by atoms with van der Waals surface area (Å²) in [6.45, 7) is 2.28. The van der Waals surface area contributed by atoms with Crippen LogP contribution < -0.4 is 4.74 Å². The zero-order chi connectivity index (χ0) is 19.8. The Balaban J connectivity index is 1.46. The van der Waals surface area contributed by atoms with Gasteiger partial charge in [-0.3, -0.25) is 0 Å². The van der Waals surface area contributed by atoms with Crippen LogP contribution in [0.4, 0.5) is 4.39 Å². The van der Waals surface area contributed by atoms with Crippen LogP contribution in [0.3, 0.4) is 0 Å². The van der Waals surface area contributed by atoms with E-state index in [2.05, 4.69) is 17.1 Å². The molecule has 4 heteroatoms. The molecule has 28 heavy (non-hydrogen) atoms. The van der Waals surface area contributed by atoms with Crippen LogP contribution in [0.15, 0.2) is 30.3 Å². The Morgan fingerprint density at radius 2 is 1.71 bits per heavy atom. The quantitative estimate of drug-likeness (QED) is 0.456. The molecule has 1 aromatic carbocycles. The molecule has 1 aromatic heterocycles. The largest absolute Gasteiger partial charge is 0.494 e. The Morgan fingerprint density at radius 3 is 2.32 bits per heavy atom. The van der Waals surface area contributed by atoms with E-state index in [1.807, 2.05) is 18.2 Å². The average Bonchev–Trinajstić information content (AvgIpc) is 2.74. The summed E-state index contributed by atoms with van der Waals surface area (Å²) >= 11 is 0. The Labute approximate surface area is 168 Å². The first-order chi connectivity index (χ1) is 13.7. The highest BCUT2D eigenvalue weighted by Crippen LogP contribution is 2.34. The van der Waals surface area contributed by atoms with E-state index in [1.165, 1.54) is 71.0 Å². The van der Waals surface area contributed by atoms with Gasteiger partial charge in [0.05, 0.1) is 18.5 Å². The number of ether oxygens (including phenoxy) is 1. The van der Waals surface area contributed by atoms with Gasteiger partial charge in [0.1, 0.15) is 0 Å². The fourth-order valence-corrected chi connectivity index (χ4v) is 4.32. The molecule has 0 atom stereocenters. The molecule has 3 nitrogen and oxygen atoms in total. The molecule has 1 fully saturated rings. The minimum Gasteiger partial charge on any atom is -0.494 e. The van der Waals surface area contributed by atoms with Crippen LogP contribution in [0.1, 0.15) is 70.4 Å². The van der Waals surface area contributed by atoms with Gasteiger partial charge in [0.15, 0.2) is 11.6 Å². The Bertz CT molecular complexity index is 724. The first-order valence-corrected chi connectivity index (χ1v) is 10.9. The molecule has 0 amide bonds. The van der Waals surface area contributed by atoms with E-state index in [1.54, 1.807) is 6.07 Å². The van der Waals surface area contributed by atoms with E-state index in [0.29, 0.717) is 5.69 Å². The van der Waals surface area contributed by atoms with Gasteiger partial charge >= 0.3 is 0 Å². The van der Waals surface area contributed by atoms with Gasteiger partial charge in [-0.05, 0) is 55.0 Å². The highest BCUT2D eigenvalue weighted by Gasteiger charge is 2.20. The monoisotopic (exact) mass is 384 g/mol. The number of benzene rings is 1. The first-order valence-electron chi connectivity index (χ1n) is 10.9. The minimum atomic E-state index is -0.379. The fourth-order valence-electron chi connectivity index (χ4n) is 4.32. The number of unbranched alkanes of at least 4 members (excludes halogenated alkanes) is 2. The maximum Gasteiger partial charge on any atom is 0.165 e. The third-order valence-corrected chi connectivity index (χ3v) is 6.16. The molecule has 1 heterocycles. The summed E-state index contributed by atoms with van der Waals surface area (Å²) in [6.07, 6.45) is 13.3. The van der Waals surface area contributed by atoms with Crippen molar-refractivity contribution < 1.29 is 9.13 Å². The van der Waals surface area contributed by atoms with E-state index in [0.717, 1.165) is 29.5 Å². The second kappa shape index (κ2) is 10.5. The van der Waals surface area contributed by atoms with E-state index >= 15 is 0 Å². The third kappa shape index (κ3) is 5.76. The first kappa shape index (κ1) is 20.8. The SMILES string of the molecule is CCCCCC1CCC(CCc2ccc(-c3ccc(OC)c(F)c3)nn2)CC1. The number of aromatic nitrogens is 2. The molecule has 0 bridgehead atoms. The Morgan fingerprint density at radius 1 is 0.964 bits per heavy atom. The highest BCUT2D eigenvalue weighted by atomic mass is 19.1. The van der Waals surface area contributed by atoms with Crippen molar-refractivity contribution in [2.75, 3.05) is 7.11 Å². The standard InChI is InChI=1S/C24H33FN2O/c1-3-4-5-6-18-7-9-19(10-8-18)11-13-21-14-15-23(27-26-21)20-12-16-24(28-2)22(25)17-20/h12,14-19H,3-11,13H2,1-2H3. The molecule has 0 saturated heterocycles. The van der Waals surface area contributed by atoms with Gasteiger partial charge in [-0.25, -0.2) is 4.39 Å². The number of hydrogen-bond acceptors (Lipinski definition) is 3. The molecule has 1 aliphatic rings. The van der Waals surface area contributed by atoms with Crippen molar-refractivity contribution in [1.29, 1.82) is 0 Å². The number of halogens is 1. The van der Waals surface area contributed by atoms with Gasteiger partial charge in [0, 0.05) is 5.56 Å². The number of nitrogens with zero attached hydrogens (tertiary/aromatic N) is 2. The summed E-state index contributed by atoms with van der Waals surface area (Å²) in [4.78, 5) is 0. The van der Waals surface area contributed by atoms with Crippen LogP contribution in [0.5, 0.6) is 5.75 Å². The molecule has 0 unspecified atom stereocenters. The van der Waals surface area contributed by atoms with Crippen LogP contribution in [0.2, 0.25) is 0 Å². The van der Waals surface area contributed by atoms with Crippen molar-refractivity contribution in [1.82, 2.24) is 10.2 Å². The van der Waals surface area contributed by atoms with Gasteiger partial charge < -0.3 is 4.74 Å². The van der Waals surface area contributed by atoms with Crippen molar-refractivity contribution in [3.05, 3.63) is 41.8 Å². The zero-order valence-electron chi connectivity index (χ0n) is 17.3. The lowest BCUT2D eigenvalue weighted by atomic mass is 9.78. The van der Waals surface area contributed by atoms with Gasteiger partial charge in [-0.15, -0.1) is 0 Å². The van der Waals surface area contributed by atoms with Crippen LogP contribution in [-0.4, -0.2) is 17.3 Å². The summed E-state index contributed by atoms with van der Waals surface area (Å²) in [5.74, 6) is 1.66. The van der Waals surface area contributed by atoms with Crippen LogP contribution in [-0.2, 0) is 6.42 Å². The lowest BCUT2D eigenvalue weighted by Gasteiger charge is -2.28. The lowest BCUT2D eigenvalue weighted by molar-refractivity contribution is 0.248. The van der Waals surface area contributed by atoms with Gasteiger partial charge in [0.2, 0.25) is 0 Å². The van der Waals surface area contributed by atoms with E-state index in [4.69, 9.17) is 4.74 Å². The Kier molecular flexibility index (Phi) is 7.81. The van der Waals surface area contributed by atoms with Crippen molar-refractivity contribution in [2.45, 2.75) is 71.1 Å². The molecule has 152 valence electrons. The van der Waals surface area contributed by atoms with Crippen molar-refractivity contribution in [3.8, 4) is 17.0 Å². The molecule has 2 aromatic rings. The predicted molar refractivity (Wildman–Crippen MR) is 112 cm³/mol. The van der Waals surface area contributed by atoms with Gasteiger partial charge in [0.25, 0.3) is 0 Å². The molecule has 0 N–H and O–H groups in total. The lowest BCUT2D eigenvalue weighted by Crippen LogP contribution is -2.15. The Hall–Kier alpha value is -1.97. The number of rotatable bonds is 9. The summed E-state index contributed by atoms with van der Waals surface area (Å²) in [5, 5.41) is 8.68. The van der Waals surface area contributed by atoms with Crippen molar-refractivity contribution in [3.63, 3.8) is 0 Å². The second-order valence-corrected chi connectivity index (χ2v) is 8.18. The number of aryl methyl sites for hydroxylation is 1. The molecule has 0 aliphatic heterocycles. The maximum absolute atomic E-state index is 13.9. The average molecular weight is 385 g/mol. The molecule has 1 aliphatic carbocycles. The molecule has 1 saturated carbocycles. The van der Waals surface area contributed by atoms with Gasteiger partial charge in [-0.2, -0.15) is 10.2 Å². The summed E-state index contributed by atoms with van der Waals surface area (Å²) in [5.41, 5.74) is 2.44. The minimum absolute atomic E-state index is 0.244. The van der Waals surface area contributed by atoms with Crippen molar-refractivity contribution in [2.24, 2.45) is 11.8 Å². The van der Waals surface area contributed by atoms with Crippen LogP contribution >= 0.6 is 0 Å². The van der Waals surface area contributed by atoms with E-state index < -0.39 is 0 Å². The highest BCUT2D eigenvalue weighted by molar-refractivity contribution is 5.59. The summed E-state index contributed by atoms with van der Waals surface area (Å²) in [6, 6.07) is 8.85. The molecule has 0 radical (unpaired) electrons. The third-order valence-electron chi connectivity index (χ3n) is 6.16. The number of hydrogen-bond donors (Lipinski definition) is 0.